The highest BCUT2D eigenvalue weighted by atomic mass is 35.5. The normalized spacial score (nSPS) is 10.8. The zero-order chi connectivity index (χ0) is 11.4. The fourth-order valence-corrected chi connectivity index (χ4v) is 0.877. The van der Waals surface area contributed by atoms with Gasteiger partial charge in [-0.3, -0.25) is 9.69 Å². The van der Waals surface area contributed by atoms with Gasteiger partial charge in [-0.1, -0.05) is 0 Å². The lowest BCUT2D eigenvalue weighted by molar-refractivity contribution is -0.123. The highest BCUT2D eigenvalue weighted by Gasteiger charge is 2.19. The van der Waals surface area contributed by atoms with Crippen LogP contribution in [-0.4, -0.2) is 42.5 Å². The Labute approximate surface area is 111 Å². The molecule has 0 unspecified atom stereocenters. The smallest absolute Gasteiger partial charge is 0.234 e. The van der Waals surface area contributed by atoms with Gasteiger partial charge in [-0.05, 0) is 34.7 Å². The van der Waals surface area contributed by atoms with Gasteiger partial charge in [-0.2, -0.15) is 0 Å². The second-order valence-electron chi connectivity index (χ2n) is 4.65. The summed E-state index contributed by atoms with van der Waals surface area (Å²) in [6, 6.07) is 0.377. The number of hydrogen-bond acceptors (Lipinski definition) is 3. The monoisotopic (exact) mass is 273 g/mol. The van der Waals surface area contributed by atoms with Crippen LogP contribution in [0.5, 0.6) is 0 Å². The largest absolute Gasteiger partial charge is 0.349 e. The Bertz CT molecular complexity index is 199. The molecule has 0 aliphatic heterocycles. The highest BCUT2D eigenvalue weighted by Crippen LogP contribution is 1.99. The van der Waals surface area contributed by atoms with E-state index in [0.717, 1.165) is 0 Å². The van der Waals surface area contributed by atoms with Crippen LogP contribution in [0.15, 0.2) is 0 Å². The van der Waals surface area contributed by atoms with Crippen molar-refractivity contribution in [2.45, 2.75) is 39.3 Å². The highest BCUT2D eigenvalue weighted by molar-refractivity contribution is 5.85. The summed E-state index contributed by atoms with van der Waals surface area (Å²) in [6.07, 6.45) is 0. The summed E-state index contributed by atoms with van der Waals surface area (Å²) < 4.78 is 0. The molecule has 0 saturated carbocycles. The first-order chi connectivity index (χ1) is 6.28. The Morgan fingerprint density at radius 2 is 1.81 bits per heavy atom. The van der Waals surface area contributed by atoms with Crippen LogP contribution in [0.4, 0.5) is 0 Å². The molecule has 0 atom stereocenters. The van der Waals surface area contributed by atoms with Crippen molar-refractivity contribution in [3.05, 3.63) is 0 Å². The molecule has 100 valence electrons. The van der Waals surface area contributed by atoms with Crippen LogP contribution in [0.1, 0.15) is 27.7 Å². The summed E-state index contributed by atoms with van der Waals surface area (Å²) in [4.78, 5) is 13.5. The van der Waals surface area contributed by atoms with Crippen molar-refractivity contribution in [2.24, 2.45) is 5.73 Å². The number of amides is 1. The average molecular weight is 274 g/mol. The van der Waals surface area contributed by atoms with Crippen molar-refractivity contribution in [1.82, 2.24) is 10.2 Å². The molecule has 0 aromatic carbocycles. The Kier molecular flexibility index (Phi) is 12.0. The number of nitrogens with two attached hydrogens (primary N) is 1. The first kappa shape index (κ1) is 21.3. The van der Waals surface area contributed by atoms with E-state index in [1.54, 1.807) is 0 Å². The third-order valence-electron chi connectivity index (χ3n) is 2.26. The Morgan fingerprint density at radius 1 is 1.38 bits per heavy atom. The molecule has 0 bridgehead atoms. The van der Waals surface area contributed by atoms with Crippen LogP contribution < -0.4 is 11.1 Å². The minimum Gasteiger partial charge on any atom is -0.349 e. The second-order valence-corrected chi connectivity index (χ2v) is 4.65. The van der Waals surface area contributed by atoms with Crippen molar-refractivity contribution in [3.63, 3.8) is 0 Å². The molecule has 0 aromatic rings. The van der Waals surface area contributed by atoms with E-state index in [4.69, 9.17) is 5.73 Å². The summed E-state index contributed by atoms with van der Waals surface area (Å²) in [6.45, 7) is 8.81. The van der Waals surface area contributed by atoms with E-state index >= 15 is 0 Å². The molecular formula is C10H25Cl2N3O. The number of hydrogen-bond donors (Lipinski definition) is 2. The van der Waals surface area contributed by atoms with Gasteiger partial charge in [0, 0.05) is 18.1 Å². The molecule has 0 aliphatic rings. The lowest BCUT2D eigenvalue weighted by atomic mass is 10.1. The van der Waals surface area contributed by atoms with Crippen molar-refractivity contribution in [1.29, 1.82) is 0 Å². The van der Waals surface area contributed by atoms with Gasteiger partial charge in [0.15, 0.2) is 0 Å². The molecule has 0 saturated heterocycles. The van der Waals surface area contributed by atoms with Crippen molar-refractivity contribution in [3.8, 4) is 0 Å². The third kappa shape index (κ3) is 9.21. The third-order valence-corrected chi connectivity index (χ3v) is 2.26. The number of carbonyl (C=O) groups is 1. The van der Waals surface area contributed by atoms with Crippen molar-refractivity contribution >= 4 is 30.7 Å². The van der Waals surface area contributed by atoms with E-state index in [2.05, 4.69) is 19.2 Å². The lowest BCUT2D eigenvalue weighted by Gasteiger charge is -2.27. The second kappa shape index (κ2) is 9.05. The van der Waals surface area contributed by atoms with E-state index in [9.17, 15) is 4.79 Å². The van der Waals surface area contributed by atoms with Gasteiger partial charge in [-0.15, -0.1) is 24.8 Å². The number of nitrogens with one attached hydrogen (secondary N) is 1. The standard InChI is InChI=1S/C10H23N3O.2ClH/c1-8(2)13(5)6-9(14)12-10(3,4)7-11;;/h8H,6-7,11H2,1-5H3,(H,12,14);2*1H. The van der Waals surface area contributed by atoms with Gasteiger partial charge in [-0.25, -0.2) is 0 Å². The molecule has 4 nitrogen and oxygen atoms in total. The van der Waals surface area contributed by atoms with E-state index in [1.807, 2.05) is 25.8 Å². The molecule has 1 amide bonds. The van der Waals surface area contributed by atoms with Crippen LogP contribution >= 0.6 is 24.8 Å². The fourth-order valence-electron chi connectivity index (χ4n) is 0.877. The lowest BCUT2D eigenvalue weighted by Crippen LogP contribution is -2.51. The Morgan fingerprint density at radius 3 is 2.12 bits per heavy atom. The molecule has 0 aromatic heterocycles. The number of nitrogens with zero attached hydrogens (tertiary/aromatic N) is 1. The SMILES string of the molecule is CC(C)N(C)CC(=O)NC(C)(C)CN.Cl.Cl. The summed E-state index contributed by atoms with van der Waals surface area (Å²) in [5.74, 6) is 0.0247. The maximum Gasteiger partial charge on any atom is 0.234 e. The minimum absolute atomic E-state index is 0. The van der Waals surface area contributed by atoms with E-state index in [1.165, 1.54) is 0 Å². The number of carbonyl (C=O) groups excluding carboxylic acids is 1. The molecule has 16 heavy (non-hydrogen) atoms. The summed E-state index contributed by atoms with van der Waals surface area (Å²) in [5.41, 5.74) is 5.21. The van der Waals surface area contributed by atoms with Gasteiger partial charge in [0.1, 0.15) is 0 Å². The molecule has 0 radical (unpaired) electrons. The van der Waals surface area contributed by atoms with Crippen LogP contribution in [0, 0.1) is 0 Å². The average Bonchev–Trinajstić information content (AvgIpc) is 2.02. The molecule has 0 aliphatic carbocycles. The zero-order valence-corrected chi connectivity index (χ0v) is 12.4. The first-order valence-electron chi connectivity index (χ1n) is 5.00. The van der Waals surface area contributed by atoms with Gasteiger partial charge in [0.05, 0.1) is 6.54 Å². The summed E-state index contributed by atoms with van der Waals surface area (Å²) in [5, 5.41) is 2.89. The minimum atomic E-state index is -0.311. The predicted octanol–water partition coefficient (Wildman–Crippen LogP) is 1.02. The summed E-state index contributed by atoms with van der Waals surface area (Å²) in [7, 11) is 1.93. The molecule has 0 heterocycles. The van der Waals surface area contributed by atoms with Gasteiger partial charge < -0.3 is 11.1 Å². The maximum atomic E-state index is 11.5. The molecule has 6 heteroatoms. The van der Waals surface area contributed by atoms with E-state index < -0.39 is 0 Å². The zero-order valence-electron chi connectivity index (χ0n) is 10.7. The van der Waals surface area contributed by atoms with Crippen LogP contribution in [0.3, 0.4) is 0 Å². The Balaban J connectivity index is -0.000000845. The number of halogens is 2. The Hall–Kier alpha value is -0.0300. The molecule has 0 rings (SSSR count). The van der Waals surface area contributed by atoms with Crippen molar-refractivity contribution < 1.29 is 4.79 Å². The fraction of sp³-hybridized carbons (Fsp3) is 0.900. The topological polar surface area (TPSA) is 58.4 Å². The van der Waals surface area contributed by atoms with Gasteiger partial charge in [0.25, 0.3) is 0 Å². The quantitative estimate of drug-likeness (QED) is 0.787. The molecule has 3 N–H and O–H groups in total. The number of rotatable bonds is 5. The van der Waals surface area contributed by atoms with Gasteiger partial charge in [0.2, 0.25) is 5.91 Å². The molecule has 0 fully saturated rings. The molecule has 0 spiro atoms. The van der Waals surface area contributed by atoms with Crippen LogP contribution in [-0.2, 0) is 4.79 Å². The number of likely N-dealkylation sites (N-methyl/N-ethyl adjacent to an activating group) is 1. The van der Waals surface area contributed by atoms with Crippen LogP contribution in [0.25, 0.3) is 0 Å². The van der Waals surface area contributed by atoms with E-state index in [0.29, 0.717) is 19.1 Å². The van der Waals surface area contributed by atoms with Crippen molar-refractivity contribution in [2.75, 3.05) is 20.1 Å². The predicted molar refractivity (Wildman–Crippen MR) is 73.5 cm³/mol. The maximum absolute atomic E-state index is 11.5. The van der Waals surface area contributed by atoms with Crippen LogP contribution in [0.2, 0.25) is 0 Å². The summed E-state index contributed by atoms with van der Waals surface area (Å²) >= 11 is 0. The first-order valence-corrected chi connectivity index (χ1v) is 5.00. The van der Waals surface area contributed by atoms with E-state index in [-0.39, 0.29) is 36.3 Å². The van der Waals surface area contributed by atoms with Gasteiger partial charge >= 0.3 is 0 Å². The molecular weight excluding hydrogens is 249 g/mol.